The summed E-state index contributed by atoms with van der Waals surface area (Å²) in [5.74, 6) is 0.579. The number of carbonyl (C=O) groups is 2. The number of nitrogens with zero attached hydrogens (tertiary/aromatic N) is 1. The summed E-state index contributed by atoms with van der Waals surface area (Å²) in [6.45, 7) is 12.5. The fourth-order valence-electron chi connectivity index (χ4n) is 2.51. The molecule has 0 aromatic heterocycles. The zero-order chi connectivity index (χ0) is 19.0. The maximum atomic E-state index is 12.5. The predicted molar refractivity (Wildman–Crippen MR) is 101 cm³/mol. The van der Waals surface area contributed by atoms with Gasteiger partial charge in [-0.15, -0.1) is 0 Å². The standard InChI is InChI=1S/C21H33NO3/c1-7-16(2)17(3)19(23)13-14-22(20(24)25-21(4,5)6)15-18-11-9-8-10-12-18/h8-12,16-17H,7,13-15H2,1-6H3. The van der Waals surface area contributed by atoms with Gasteiger partial charge in [0.15, 0.2) is 0 Å². The molecule has 2 atom stereocenters. The van der Waals surface area contributed by atoms with E-state index in [1.807, 2.05) is 58.0 Å². The van der Waals surface area contributed by atoms with Crippen LogP contribution >= 0.6 is 0 Å². The van der Waals surface area contributed by atoms with E-state index in [-0.39, 0.29) is 17.8 Å². The Kier molecular flexibility index (Phi) is 8.14. The summed E-state index contributed by atoms with van der Waals surface area (Å²) in [4.78, 5) is 26.6. The summed E-state index contributed by atoms with van der Waals surface area (Å²) in [5, 5.41) is 0. The quantitative estimate of drug-likeness (QED) is 0.660. The number of benzene rings is 1. The minimum atomic E-state index is -0.556. The van der Waals surface area contributed by atoms with Crippen LogP contribution in [0.1, 0.15) is 59.9 Å². The van der Waals surface area contributed by atoms with Gasteiger partial charge in [0.05, 0.1) is 0 Å². The van der Waals surface area contributed by atoms with Gasteiger partial charge >= 0.3 is 6.09 Å². The Bertz CT molecular complexity index is 548. The van der Waals surface area contributed by atoms with Crippen molar-refractivity contribution in [2.45, 2.75) is 66.5 Å². The van der Waals surface area contributed by atoms with E-state index in [4.69, 9.17) is 4.74 Å². The largest absolute Gasteiger partial charge is 0.444 e. The Morgan fingerprint density at radius 1 is 1.12 bits per heavy atom. The highest BCUT2D eigenvalue weighted by molar-refractivity contribution is 5.81. The third-order valence-electron chi connectivity index (χ3n) is 4.50. The molecule has 0 fully saturated rings. The SMILES string of the molecule is CCC(C)C(C)C(=O)CCN(Cc1ccccc1)C(=O)OC(C)(C)C. The van der Waals surface area contributed by atoms with Crippen molar-refractivity contribution in [3.05, 3.63) is 35.9 Å². The Morgan fingerprint density at radius 3 is 2.24 bits per heavy atom. The first-order valence-corrected chi connectivity index (χ1v) is 9.18. The van der Waals surface area contributed by atoms with E-state index in [0.717, 1.165) is 12.0 Å². The number of hydrogen-bond donors (Lipinski definition) is 0. The first kappa shape index (κ1) is 21.2. The van der Waals surface area contributed by atoms with Crippen molar-refractivity contribution in [3.63, 3.8) is 0 Å². The van der Waals surface area contributed by atoms with Gasteiger partial charge in [0.25, 0.3) is 0 Å². The topological polar surface area (TPSA) is 46.6 Å². The smallest absolute Gasteiger partial charge is 0.410 e. The molecule has 0 N–H and O–H groups in total. The molecule has 1 rings (SSSR count). The van der Waals surface area contributed by atoms with Gasteiger partial charge in [-0.05, 0) is 32.3 Å². The Hall–Kier alpha value is -1.84. The lowest BCUT2D eigenvalue weighted by Crippen LogP contribution is -2.38. The molecule has 1 aromatic carbocycles. The fraction of sp³-hybridized carbons (Fsp3) is 0.619. The number of rotatable bonds is 8. The van der Waals surface area contributed by atoms with Crippen LogP contribution in [0.3, 0.4) is 0 Å². The van der Waals surface area contributed by atoms with Crippen molar-refractivity contribution < 1.29 is 14.3 Å². The maximum Gasteiger partial charge on any atom is 0.410 e. The Balaban J connectivity index is 2.77. The van der Waals surface area contributed by atoms with E-state index in [9.17, 15) is 9.59 Å². The molecule has 0 aliphatic heterocycles. The van der Waals surface area contributed by atoms with Gasteiger partial charge in [0, 0.05) is 25.4 Å². The van der Waals surface area contributed by atoms with Gasteiger partial charge in [-0.3, -0.25) is 4.79 Å². The molecular formula is C21H33NO3. The molecule has 4 heteroatoms. The highest BCUT2D eigenvalue weighted by Gasteiger charge is 2.24. The summed E-state index contributed by atoms with van der Waals surface area (Å²) in [6, 6.07) is 9.78. The molecule has 0 aliphatic carbocycles. The average molecular weight is 347 g/mol. The zero-order valence-corrected chi connectivity index (χ0v) is 16.5. The monoisotopic (exact) mass is 347 g/mol. The third kappa shape index (κ3) is 7.72. The fourth-order valence-corrected chi connectivity index (χ4v) is 2.51. The van der Waals surface area contributed by atoms with Crippen LogP contribution in [0.4, 0.5) is 4.79 Å². The van der Waals surface area contributed by atoms with Gasteiger partial charge in [-0.25, -0.2) is 4.79 Å². The van der Waals surface area contributed by atoms with E-state index in [1.165, 1.54) is 0 Å². The molecule has 0 saturated heterocycles. The highest BCUT2D eigenvalue weighted by atomic mass is 16.6. The van der Waals surface area contributed by atoms with Crippen LogP contribution in [-0.2, 0) is 16.1 Å². The minimum absolute atomic E-state index is 0.0159. The van der Waals surface area contributed by atoms with Gasteiger partial charge in [0.1, 0.15) is 11.4 Å². The van der Waals surface area contributed by atoms with E-state index >= 15 is 0 Å². The van der Waals surface area contributed by atoms with Crippen LogP contribution in [-0.4, -0.2) is 28.9 Å². The Morgan fingerprint density at radius 2 is 1.72 bits per heavy atom. The molecule has 140 valence electrons. The van der Waals surface area contributed by atoms with E-state index in [0.29, 0.717) is 25.4 Å². The number of amides is 1. The first-order valence-electron chi connectivity index (χ1n) is 9.18. The van der Waals surface area contributed by atoms with E-state index < -0.39 is 5.60 Å². The molecule has 0 saturated carbocycles. The summed E-state index contributed by atoms with van der Waals surface area (Å²) < 4.78 is 5.51. The molecule has 25 heavy (non-hydrogen) atoms. The summed E-state index contributed by atoms with van der Waals surface area (Å²) >= 11 is 0. The number of ether oxygens (including phenoxy) is 1. The summed E-state index contributed by atoms with van der Waals surface area (Å²) in [7, 11) is 0. The van der Waals surface area contributed by atoms with Gasteiger partial charge < -0.3 is 9.64 Å². The molecule has 2 unspecified atom stereocenters. The van der Waals surface area contributed by atoms with Crippen molar-refractivity contribution in [1.82, 2.24) is 4.90 Å². The second kappa shape index (κ2) is 9.59. The van der Waals surface area contributed by atoms with Gasteiger partial charge in [-0.2, -0.15) is 0 Å². The molecular weight excluding hydrogens is 314 g/mol. The van der Waals surface area contributed by atoms with Gasteiger partial charge in [-0.1, -0.05) is 57.5 Å². The maximum absolute atomic E-state index is 12.5. The summed E-state index contributed by atoms with van der Waals surface area (Å²) in [5.41, 5.74) is 0.468. The number of Topliss-reactive ketones (excluding diaryl/α,β-unsaturated/α-hetero) is 1. The lowest BCUT2D eigenvalue weighted by molar-refractivity contribution is -0.124. The van der Waals surface area contributed by atoms with Crippen LogP contribution < -0.4 is 0 Å². The van der Waals surface area contributed by atoms with Crippen molar-refractivity contribution >= 4 is 11.9 Å². The Labute approximate surface area is 152 Å². The minimum Gasteiger partial charge on any atom is -0.444 e. The van der Waals surface area contributed by atoms with E-state index in [2.05, 4.69) is 13.8 Å². The molecule has 0 heterocycles. The second-order valence-electron chi connectivity index (χ2n) is 7.78. The molecule has 0 spiro atoms. The van der Waals surface area contributed by atoms with Gasteiger partial charge in [0.2, 0.25) is 0 Å². The lowest BCUT2D eigenvalue weighted by atomic mass is 9.88. The van der Waals surface area contributed by atoms with Crippen molar-refractivity contribution in [2.24, 2.45) is 11.8 Å². The highest BCUT2D eigenvalue weighted by Crippen LogP contribution is 2.18. The third-order valence-corrected chi connectivity index (χ3v) is 4.50. The van der Waals surface area contributed by atoms with Crippen LogP contribution in [0.5, 0.6) is 0 Å². The lowest BCUT2D eigenvalue weighted by Gasteiger charge is -2.28. The number of ketones is 1. The molecule has 1 amide bonds. The van der Waals surface area contributed by atoms with Crippen LogP contribution in [0, 0.1) is 11.8 Å². The van der Waals surface area contributed by atoms with E-state index in [1.54, 1.807) is 4.90 Å². The molecule has 0 bridgehead atoms. The predicted octanol–water partition coefficient (Wildman–Crippen LogP) is 5.07. The summed E-state index contributed by atoms with van der Waals surface area (Å²) in [6.07, 6.45) is 0.963. The molecule has 4 nitrogen and oxygen atoms in total. The normalized spacial score (nSPS) is 13.8. The zero-order valence-electron chi connectivity index (χ0n) is 16.5. The average Bonchev–Trinajstić information content (AvgIpc) is 2.56. The van der Waals surface area contributed by atoms with Crippen LogP contribution in [0.25, 0.3) is 0 Å². The van der Waals surface area contributed by atoms with Crippen LogP contribution in [0.15, 0.2) is 30.3 Å². The first-order chi connectivity index (χ1) is 11.6. The van der Waals surface area contributed by atoms with Crippen molar-refractivity contribution in [1.29, 1.82) is 0 Å². The number of carbonyl (C=O) groups excluding carboxylic acids is 2. The van der Waals surface area contributed by atoms with Crippen molar-refractivity contribution in [3.8, 4) is 0 Å². The van der Waals surface area contributed by atoms with Crippen LogP contribution in [0.2, 0.25) is 0 Å². The molecule has 1 aromatic rings. The number of hydrogen-bond acceptors (Lipinski definition) is 3. The molecule has 0 aliphatic rings. The molecule has 0 radical (unpaired) electrons. The van der Waals surface area contributed by atoms with Crippen molar-refractivity contribution in [2.75, 3.05) is 6.54 Å². The second-order valence-corrected chi connectivity index (χ2v) is 7.78.